The minimum atomic E-state index is 0.105. The number of hydrogen-bond acceptors (Lipinski definition) is 10. The molecule has 0 spiro atoms. The fourth-order valence-corrected chi connectivity index (χ4v) is 4.74. The van der Waals surface area contributed by atoms with Crippen LogP contribution in [0.4, 0.5) is 23.4 Å². The first-order valence-corrected chi connectivity index (χ1v) is 13.5. The SMILES string of the molecule is Cc1cc(Nc2nc(Sc3ccc(NC(=O)C4CC4)cc3)nc(N3CCN(CCN(C)C)CC3)n2)n[nH]1. The van der Waals surface area contributed by atoms with Crippen molar-refractivity contribution in [1.29, 1.82) is 0 Å². The summed E-state index contributed by atoms with van der Waals surface area (Å²) in [6, 6.07) is 9.70. The van der Waals surface area contributed by atoms with Crippen molar-refractivity contribution in [3.63, 3.8) is 0 Å². The number of amides is 1. The minimum absolute atomic E-state index is 0.105. The van der Waals surface area contributed by atoms with Crippen LogP contribution in [-0.2, 0) is 4.79 Å². The zero-order valence-electron chi connectivity index (χ0n) is 21.6. The third-order valence-corrected chi connectivity index (χ3v) is 7.22. The Labute approximate surface area is 221 Å². The smallest absolute Gasteiger partial charge is 0.234 e. The number of nitrogens with zero attached hydrogens (tertiary/aromatic N) is 7. The van der Waals surface area contributed by atoms with Crippen molar-refractivity contribution in [3.8, 4) is 0 Å². The molecular weight excluding hydrogens is 488 g/mol. The van der Waals surface area contributed by atoms with E-state index in [1.807, 2.05) is 37.3 Å². The summed E-state index contributed by atoms with van der Waals surface area (Å²) in [6.07, 6.45) is 1.97. The van der Waals surface area contributed by atoms with Gasteiger partial charge in [0.05, 0.1) is 0 Å². The van der Waals surface area contributed by atoms with Gasteiger partial charge in [-0.25, -0.2) is 0 Å². The van der Waals surface area contributed by atoms with E-state index in [-0.39, 0.29) is 11.8 Å². The van der Waals surface area contributed by atoms with Gasteiger partial charge in [-0.3, -0.25) is 14.8 Å². The van der Waals surface area contributed by atoms with E-state index < -0.39 is 0 Å². The van der Waals surface area contributed by atoms with Crippen LogP contribution in [0.2, 0.25) is 0 Å². The topological polar surface area (TPSA) is 118 Å². The average molecular weight is 523 g/mol. The lowest BCUT2D eigenvalue weighted by atomic mass is 10.3. The summed E-state index contributed by atoms with van der Waals surface area (Å²) in [6.45, 7) is 7.71. The Morgan fingerprint density at radius 2 is 1.86 bits per heavy atom. The van der Waals surface area contributed by atoms with Gasteiger partial charge in [-0.15, -0.1) is 0 Å². The Morgan fingerprint density at radius 3 is 2.51 bits per heavy atom. The molecule has 37 heavy (non-hydrogen) atoms. The number of carbonyl (C=O) groups is 1. The standard InChI is InChI=1S/C25H34N10OS/c1-17-16-21(32-31-17)27-23-28-24(35-14-12-34(13-15-35)11-10-33(2)3)30-25(29-23)37-20-8-6-19(7-9-20)26-22(36)18-4-5-18/h6-9,16,18H,4-5,10-15H2,1-3H3,(H,26,36)(H2,27,28,29,30,31,32). The number of rotatable bonds is 10. The molecule has 0 radical (unpaired) electrons. The van der Waals surface area contributed by atoms with Crippen molar-refractivity contribution in [3.05, 3.63) is 36.0 Å². The molecule has 11 nitrogen and oxygen atoms in total. The van der Waals surface area contributed by atoms with Crippen LogP contribution in [0.5, 0.6) is 0 Å². The van der Waals surface area contributed by atoms with Crippen LogP contribution in [0, 0.1) is 12.8 Å². The lowest BCUT2D eigenvalue weighted by molar-refractivity contribution is -0.117. The third-order valence-electron chi connectivity index (χ3n) is 6.35. The number of aromatic nitrogens is 5. The summed E-state index contributed by atoms with van der Waals surface area (Å²) < 4.78 is 0. The fraction of sp³-hybridized carbons (Fsp3) is 0.480. The van der Waals surface area contributed by atoms with Crippen LogP contribution in [-0.4, -0.2) is 94.2 Å². The second-order valence-corrected chi connectivity index (χ2v) is 10.9. The van der Waals surface area contributed by atoms with E-state index in [9.17, 15) is 4.79 Å². The zero-order chi connectivity index (χ0) is 25.8. The van der Waals surface area contributed by atoms with E-state index in [1.54, 1.807) is 0 Å². The Hall–Kier alpha value is -3.22. The highest BCUT2D eigenvalue weighted by atomic mass is 32.2. The number of carbonyl (C=O) groups excluding carboxylic acids is 1. The highest BCUT2D eigenvalue weighted by molar-refractivity contribution is 7.99. The normalized spacial score (nSPS) is 16.3. The van der Waals surface area contributed by atoms with Gasteiger partial charge in [-0.1, -0.05) is 0 Å². The largest absolute Gasteiger partial charge is 0.338 e. The van der Waals surface area contributed by atoms with E-state index in [4.69, 9.17) is 9.97 Å². The molecule has 5 rings (SSSR count). The predicted octanol–water partition coefficient (Wildman–Crippen LogP) is 2.83. The van der Waals surface area contributed by atoms with Gasteiger partial charge >= 0.3 is 0 Å². The summed E-state index contributed by atoms with van der Waals surface area (Å²) in [4.78, 5) is 34.1. The van der Waals surface area contributed by atoms with E-state index >= 15 is 0 Å². The Balaban J connectivity index is 1.30. The van der Waals surface area contributed by atoms with Crippen molar-refractivity contribution < 1.29 is 4.79 Å². The van der Waals surface area contributed by atoms with Gasteiger partial charge in [0.15, 0.2) is 11.0 Å². The number of hydrogen-bond donors (Lipinski definition) is 3. The fourth-order valence-electron chi connectivity index (χ4n) is 4.00. The first-order chi connectivity index (χ1) is 17.9. The van der Waals surface area contributed by atoms with E-state index in [0.29, 0.717) is 22.9 Å². The van der Waals surface area contributed by atoms with Crippen molar-refractivity contribution in [2.45, 2.75) is 29.8 Å². The molecule has 196 valence electrons. The molecule has 0 atom stereocenters. The first kappa shape index (κ1) is 25.4. The maximum atomic E-state index is 12.0. The Bertz CT molecular complexity index is 1200. The van der Waals surface area contributed by atoms with Crippen LogP contribution in [0.15, 0.2) is 40.4 Å². The van der Waals surface area contributed by atoms with Gasteiger partial charge in [-0.2, -0.15) is 20.1 Å². The van der Waals surface area contributed by atoms with E-state index in [1.165, 1.54) is 11.8 Å². The number of H-pyrrole nitrogens is 1. The van der Waals surface area contributed by atoms with E-state index in [0.717, 1.165) is 68.4 Å². The second kappa shape index (κ2) is 11.4. The molecule has 3 aromatic rings. The predicted molar refractivity (Wildman–Crippen MR) is 146 cm³/mol. The van der Waals surface area contributed by atoms with Gasteiger partial charge in [0.25, 0.3) is 0 Å². The molecule has 0 bridgehead atoms. The van der Waals surface area contributed by atoms with Crippen molar-refractivity contribution in [1.82, 2.24) is 34.9 Å². The summed E-state index contributed by atoms with van der Waals surface area (Å²) in [5.74, 6) is 2.07. The highest BCUT2D eigenvalue weighted by Gasteiger charge is 2.29. The third kappa shape index (κ3) is 7.18. The number of aryl methyl sites for hydroxylation is 1. The van der Waals surface area contributed by atoms with Crippen LogP contribution >= 0.6 is 11.8 Å². The van der Waals surface area contributed by atoms with Gasteiger partial charge in [0, 0.05) is 67.5 Å². The number of likely N-dealkylation sites (N-methyl/N-ethyl adjacent to an activating group) is 1. The Morgan fingerprint density at radius 1 is 1.11 bits per heavy atom. The van der Waals surface area contributed by atoms with Crippen LogP contribution in [0.1, 0.15) is 18.5 Å². The molecule has 2 fully saturated rings. The summed E-state index contributed by atoms with van der Waals surface area (Å²) >= 11 is 1.47. The molecule has 1 amide bonds. The minimum Gasteiger partial charge on any atom is -0.338 e. The molecule has 3 heterocycles. The molecular formula is C25H34N10OS. The lowest BCUT2D eigenvalue weighted by Gasteiger charge is -2.35. The monoisotopic (exact) mass is 522 g/mol. The quantitative estimate of drug-likeness (QED) is 0.367. The highest BCUT2D eigenvalue weighted by Crippen LogP contribution is 2.31. The van der Waals surface area contributed by atoms with Gasteiger partial charge < -0.3 is 20.4 Å². The molecule has 1 saturated heterocycles. The molecule has 0 unspecified atom stereocenters. The van der Waals surface area contributed by atoms with Crippen LogP contribution < -0.4 is 15.5 Å². The maximum absolute atomic E-state index is 12.0. The van der Waals surface area contributed by atoms with Gasteiger partial charge in [0.2, 0.25) is 17.8 Å². The van der Waals surface area contributed by atoms with E-state index in [2.05, 4.69) is 54.6 Å². The van der Waals surface area contributed by atoms with Crippen LogP contribution in [0.3, 0.4) is 0 Å². The summed E-state index contributed by atoms with van der Waals surface area (Å²) in [5, 5.41) is 14.0. The van der Waals surface area contributed by atoms with Crippen molar-refractivity contribution in [2.24, 2.45) is 5.92 Å². The number of nitrogens with one attached hydrogen (secondary N) is 3. The Kier molecular flexibility index (Phi) is 7.87. The lowest BCUT2D eigenvalue weighted by Crippen LogP contribution is -2.48. The molecule has 1 aliphatic heterocycles. The molecule has 3 N–H and O–H groups in total. The molecule has 1 aliphatic carbocycles. The second-order valence-electron chi connectivity index (χ2n) is 9.82. The number of benzene rings is 1. The number of piperazine rings is 1. The molecule has 2 aromatic heterocycles. The average Bonchev–Trinajstić information content (AvgIpc) is 3.66. The van der Waals surface area contributed by atoms with Crippen LogP contribution in [0.25, 0.3) is 0 Å². The van der Waals surface area contributed by atoms with Gasteiger partial charge in [0.1, 0.15) is 0 Å². The first-order valence-electron chi connectivity index (χ1n) is 12.7. The number of anilines is 4. The molecule has 12 heteroatoms. The van der Waals surface area contributed by atoms with Crippen molar-refractivity contribution in [2.75, 3.05) is 68.9 Å². The summed E-state index contributed by atoms with van der Waals surface area (Å²) in [5.41, 5.74) is 1.76. The number of aromatic amines is 1. The molecule has 2 aliphatic rings. The summed E-state index contributed by atoms with van der Waals surface area (Å²) in [7, 11) is 4.21. The molecule has 1 aromatic carbocycles. The van der Waals surface area contributed by atoms with Crippen molar-refractivity contribution >= 4 is 41.1 Å². The molecule has 1 saturated carbocycles. The zero-order valence-corrected chi connectivity index (χ0v) is 22.4. The maximum Gasteiger partial charge on any atom is 0.234 e. The van der Waals surface area contributed by atoms with Gasteiger partial charge in [-0.05, 0) is 69.9 Å².